The summed E-state index contributed by atoms with van der Waals surface area (Å²) in [7, 11) is 0. The van der Waals surface area contributed by atoms with Gasteiger partial charge in [0.1, 0.15) is 5.69 Å². The van der Waals surface area contributed by atoms with Crippen LogP contribution in [-0.2, 0) is 0 Å². The van der Waals surface area contributed by atoms with E-state index in [2.05, 4.69) is 11.4 Å². The van der Waals surface area contributed by atoms with Crippen molar-refractivity contribution in [1.82, 2.24) is 0 Å². The topological polar surface area (TPSA) is 55.2 Å². The van der Waals surface area contributed by atoms with Crippen LogP contribution in [0.1, 0.15) is 0 Å². The maximum atomic E-state index is 11.0. The smallest absolute Gasteiger partial charge is 0.293 e. The molecule has 20 heavy (non-hydrogen) atoms. The van der Waals surface area contributed by atoms with Crippen molar-refractivity contribution in [3.8, 4) is 0 Å². The molecule has 0 bridgehead atoms. The number of fused-ring (bicyclic) bond motifs is 1. The molecule has 97 valence electrons. The summed E-state index contributed by atoms with van der Waals surface area (Å²) in [5, 5.41) is 16.3. The number of hydrogen-bond donors (Lipinski definition) is 1. The summed E-state index contributed by atoms with van der Waals surface area (Å²) >= 11 is 0. The van der Waals surface area contributed by atoms with Crippen LogP contribution in [0.3, 0.4) is 0 Å². The number of nitrogens with zero attached hydrogens (tertiary/aromatic N) is 1. The summed E-state index contributed by atoms with van der Waals surface area (Å²) < 4.78 is 0. The Morgan fingerprint density at radius 1 is 1.05 bits per heavy atom. The molecule has 3 rings (SSSR count). The van der Waals surface area contributed by atoms with E-state index >= 15 is 0 Å². The molecule has 4 nitrogen and oxygen atoms in total. The molecular formula is C16H11N2O2. The fraction of sp³-hybridized carbons (Fsp3) is 0. The van der Waals surface area contributed by atoms with Gasteiger partial charge in [-0.1, -0.05) is 36.4 Å². The first-order valence-corrected chi connectivity index (χ1v) is 6.14. The predicted octanol–water partition coefficient (Wildman–Crippen LogP) is 4.29. The predicted molar refractivity (Wildman–Crippen MR) is 79.2 cm³/mol. The van der Waals surface area contributed by atoms with Crippen LogP contribution in [-0.4, -0.2) is 4.92 Å². The van der Waals surface area contributed by atoms with E-state index in [1.54, 1.807) is 12.1 Å². The van der Waals surface area contributed by atoms with Gasteiger partial charge in [0.25, 0.3) is 5.69 Å². The summed E-state index contributed by atoms with van der Waals surface area (Å²) in [5.74, 6) is 0. The van der Waals surface area contributed by atoms with Gasteiger partial charge in [-0.25, -0.2) is 0 Å². The third-order valence-corrected chi connectivity index (χ3v) is 3.07. The fourth-order valence-electron chi connectivity index (χ4n) is 2.10. The molecule has 4 heteroatoms. The van der Waals surface area contributed by atoms with Gasteiger partial charge in [-0.2, -0.15) is 0 Å². The number of anilines is 2. The van der Waals surface area contributed by atoms with Gasteiger partial charge in [0.2, 0.25) is 0 Å². The van der Waals surface area contributed by atoms with Gasteiger partial charge in [-0.05, 0) is 35.0 Å². The first-order valence-electron chi connectivity index (χ1n) is 6.14. The molecule has 0 spiro atoms. The van der Waals surface area contributed by atoms with Gasteiger partial charge in [0, 0.05) is 11.8 Å². The summed E-state index contributed by atoms with van der Waals surface area (Å²) in [6.45, 7) is 0. The maximum Gasteiger partial charge on any atom is 0.293 e. The monoisotopic (exact) mass is 263 g/mol. The highest BCUT2D eigenvalue weighted by molar-refractivity contribution is 5.87. The summed E-state index contributed by atoms with van der Waals surface area (Å²) in [6, 6.07) is 21.2. The lowest BCUT2D eigenvalue weighted by atomic mass is 10.1. The second-order valence-corrected chi connectivity index (χ2v) is 4.39. The normalized spacial score (nSPS) is 10.4. The van der Waals surface area contributed by atoms with Gasteiger partial charge >= 0.3 is 0 Å². The lowest BCUT2D eigenvalue weighted by Gasteiger charge is -2.08. The van der Waals surface area contributed by atoms with Crippen LogP contribution >= 0.6 is 0 Å². The first kappa shape index (κ1) is 12.2. The van der Waals surface area contributed by atoms with Crippen molar-refractivity contribution in [2.75, 3.05) is 5.32 Å². The minimum Gasteiger partial charge on any atom is -0.350 e. The largest absolute Gasteiger partial charge is 0.350 e. The molecule has 0 unspecified atom stereocenters. The zero-order valence-electron chi connectivity index (χ0n) is 10.5. The highest BCUT2D eigenvalue weighted by Gasteiger charge is 2.12. The molecule has 0 heterocycles. The molecule has 3 aromatic rings. The number of benzene rings is 3. The fourth-order valence-corrected chi connectivity index (χ4v) is 2.10. The van der Waals surface area contributed by atoms with E-state index in [-0.39, 0.29) is 5.69 Å². The molecule has 0 aliphatic carbocycles. The lowest BCUT2D eigenvalue weighted by molar-refractivity contribution is -0.383. The molecule has 3 aromatic carbocycles. The van der Waals surface area contributed by atoms with E-state index in [0.717, 1.165) is 16.5 Å². The van der Waals surface area contributed by atoms with Gasteiger partial charge in [0.15, 0.2) is 0 Å². The number of nitro benzene ring substituents is 1. The zero-order chi connectivity index (χ0) is 13.9. The second kappa shape index (κ2) is 5.01. The minimum atomic E-state index is -0.417. The summed E-state index contributed by atoms with van der Waals surface area (Å²) in [4.78, 5) is 10.6. The molecular weight excluding hydrogens is 252 g/mol. The zero-order valence-corrected chi connectivity index (χ0v) is 10.5. The van der Waals surface area contributed by atoms with Crippen LogP contribution in [0, 0.1) is 16.2 Å². The second-order valence-electron chi connectivity index (χ2n) is 4.39. The molecule has 1 N–H and O–H groups in total. The number of nitro groups is 1. The Hall–Kier alpha value is -2.88. The number of hydrogen-bond acceptors (Lipinski definition) is 3. The average molecular weight is 263 g/mol. The van der Waals surface area contributed by atoms with Crippen molar-refractivity contribution in [2.45, 2.75) is 0 Å². The highest BCUT2D eigenvalue weighted by Crippen LogP contribution is 2.28. The van der Waals surface area contributed by atoms with Crippen LogP contribution in [0.25, 0.3) is 10.8 Å². The minimum absolute atomic E-state index is 0.0145. The van der Waals surface area contributed by atoms with Gasteiger partial charge < -0.3 is 5.32 Å². The Kier molecular flexibility index (Phi) is 3.05. The van der Waals surface area contributed by atoms with E-state index in [9.17, 15) is 10.1 Å². The number of nitrogens with one attached hydrogen (secondary N) is 1. The lowest BCUT2D eigenvalue weighted by Crippen LogP contribution is -1.96. The van der Waals surface area contributed by atoms with E-state index in [0.29, 0.717) is 5.69 Å². The van der Waals surface area contributed by atoms with Gasteiger partial charge in [-0.3, -0.25) is 10.1 Å². The third kappa shape index (κ3) is 2.31. The van der Waals surface area contributed by atoms with Crippen LogP contribution < -0.4 is 5.32 Å². The number of rotatable bonds is 3. The van der Waals surface area contributed by atoms with Crippen molar-refractivity contribution < 1.29 is 4.92 Å². The molecule has 0 aromatic heterocycles. The molecule has 1 radical (unpaired) electrons. The SMILES string of the molecule is O=[N+]([O-])c1c[c]ccc1Nc1ccc2ccccc2c1. The van der Waals surface area contributed by atoms with Gasteiger partial charge in [-0.15, -0.1) is 0 Å². The molecule has 0 atom stereocenters. The Bertz CT molecular complexity index is 784. The Morgan fingerprint density at radius 3 is 2.65 bits per heavy atom. The first-order chi connectivity index (χ1) is 9.74. The maximum absolute atomic E-state index is 11.0. The molecule has 0 amide bonds. The van der Waals surface area contributed by atoms with Crippen molar-refractivity contribution in [2.24, 2.45) is 0 Å². The molecule has 0 fully saturated rings. The quantitative estimate of drug-likeness (QED) is 0.566. The van der Waals surface area contributed by atoms with E-state index in [1.807, 2.05) is 42.5 Å². The van der Waals surface area contributed by atoms with E-state index in [1.165, 1.54) is 6.07 Å². The molecule has 0 aliphatic rings. The van der Waals surface area contributed by atoms with Crippen LogP contribution in [0.5, 0.6) is 0 Å². The summed E-state index contributed by atoms with van der Waals surface area (Å²) in [6.07, 6.45) is 0. The van der Waals surface area contributed by atoms with Crippen molar-refractivity contribution in [3.05, 3.63) is 76.8 Å². The molecule has 0 saturated heterocycles. The van der Waals surface area contributed by atoms with Crippen LogP contribution in [0.15, 0.2) is 60.7 Å². The third-order valence-electron chi connectivity index (χ3n) is 3.07. The van der Waals surface area contributed by atoms with Crippen LogP contribution in [0.4, 0.5) is 17.1 Å². The Morgan fingerprint density at radius 2 is 1.85 bits per heavy atom. The van der Waals surface area contributed by atoms with E-state index < -0.39 is 4.92 Å². The Labute approximate surface area is 115 Å². The Balaban J connectivity index is 1.99. The van der Waals surface area contributed by atoms with Crippen molar-refractivity contribution >= 4 is 27.8 Å². The van der Waals surface area contributed by atoms with Crippen molar-refractivity contribution in [1.29, 1.82) is 0 Å². The molecule has 0 saturated carbocycles. The molecule has 0 aliphatic heterocycles. The summed E-state index contributed by atoms with van der Waals surface area (Å²) in [5.41, 5.74) is 1.29. The highest BCUT2D eigenvalue weighted by atomic mass is 16.6. The van der Waals surface area contributed by atoms with Crippen LogP contribution in [0.2, 0.25) is 0 Å². The van der Waals surface area contributed by atoms with Crippen molar-refractivity contribution in [3.63, 3.8) is 0 Å². The standard InChI is InChI=1S/C16H11N2O2/c19-18(20)16-8-4-3-7-15(16)17-14-10-9-12-5-1-2-6-13(12)11-14/h1-3,5-11,17H. The van der Waals surface area contributed by atoms with Gasteiger partial charge in [0.05, 0.1) is 4.92 Å². The average Bonchev–Trinajstić information content (AvgIpc) is 2.47. The van der Waals surface area contributed by atoms with E-state index in [4.69, 9.17) is 0 Å².